The zero-order chi connectivity index (χ0) is 10.1. The number of carboxylic acids is 1. The molecule has 0 saturated carbocycles. The highest BCUT2D eigenvalue weighted by atomic mass is 32.2. The first kappa shape index (κ1) is 9.98. The minimum atomic E-state index is -0.853. The zero-order valence-corrected chi connectivity index (χ0v) is 9.45. The summed E-state index contributed by atoms with van der Waals surface area (Å²) in [6.45, 7) is 1.77. The van der Waals surface area contributed by atoms with Gasteiger partial charge in [0.25, 0.3) is 0 Å². The van der Waals surface area contributed by atoms with Crippen LogP contribution in [-0.2, 0) is 0 Å². The van der Waals surface area contributed by atoms with Gasteiger partial charge in [0.05, 0.1) is 10.9 Å². The minimum Gasteiger partial charge on any atom is -0.477 e. The number of aromatic carboxylic acids is 1. The van der Waals surface area contributed by atoms with Crippen LogP contribution in [-0.4, -0.2) is 21.8 Å². The Kier molecular flexibility index (Phi) is 2.78. The Morgan fingerprint density at radius 3 is 2.93 bits per heavy atom. The number of hydrogen-bond donors (Lipinski definition) is 1. The lowest BCUT2D eigenvalue weighted by molar-refractivity contribution is 0.0701. The fourth-order valence-corrected chi connectivity index (χ4v) is 3.94. The van der Waals surface area contributed by atoms with Gasteiger partial charge in [-0.15, -0.1) is 11.3 Å². The van der Waals surface area contributed by atoms with Crippen LogP contribution in [0.15, 0.2) is 0 Å². The van der Waals surface area contributed by atoms with E-state index >= 15 is 0 Å². The molecule has 5 heteroatoms. The maximum atomic E-state index is 10.8. The topological polar surface area (TPSA) is 50.2 Å². The number of thiazole rings is 1. The summed E-state index contributed by atoms with van der Waals surface area (Å²) in [5.41, 5.74) is 0.657. The summed E-state index contributed by atoms with van der Waals surface area (Å²) in [6.07, 6.45) is 2.35. The molecule has 0 aromatic carbocycles. The average Bonchev–Trinajstić information content (AvgIpc) is 2.70. The molecule has 1 unspecified atom stereocenters. The lowest BCUT2D eigenvalue weighted by Gasteiger charge is -2.01. The molecule has 0 spiro atoms. The second-order valence-corrected chi connectivity index (χ2v) is 5.61. The van der Waals surface area contributed by atoms with Gasteiger partial charge < -0.3 is 5.11 Å². The van der Waals surface area contributed by atoms with Crippen molar-refractivity contribution < 1.29 is 9.90 Å². The molecule has 1 aromatic heterocycles. The average molecular weight is 229 g/mol. The van der Waals surface area contributed by atoms with Gasteiger partial charge in [0.1, 0.15) is 9.88 Å². The first-order chi connectivity index (χ1) is 6.68. The Hall–Kier alpha value is -0.550. The molecule has 0 radical (unpaired) electrons. The summed E-state index contributed by atoms with van der Waals surface area (Å²) >= 11 is 3.22. The predicted octanol–water partition coefficient (Wildman–Crippen LogP) is 2.72. The van der Waals surface area contributed by atoms with Crippen molar-refractivity contribution in [2.24, 2.45) is 0 Å². The van der Waals surface area contributed by atoms with E-state index in [4.69, 9.17) is 5.11 Å². The van der Waals surface area contributed by atoms with Crippen LogP contribution in [0.2, 0.25) is 0 Å². The molecule has 0 bridgehead atoms. The second-order valence-electron chi connectivity index (χ2n) is 3.27. The normalized spacial score (nSPS) is 21.4. The SMILES string of the molecule is Cc1nc(C2CCCS2)sc1C(=O)O. The molecule has 0 amide bonds. The molecule has 14 heavy (non-hydrogen) atoms. The van der Waals surface area contributed by atoms with Crippen molar-refractivity contribution in [3.8, 4) is 0 Å². The first-order valence-electron chi connectivity index (χ1n) is 4.50. The van der Waals surface area contributed by atoms with Crippen molar-refractivity contribution in [2.45, 2.75) is 25.0 Å². The van der Waals surface area contributed by atoms with Crippen LogP contribution in [0.1, 0.15) is 38.5 Å². The van der Waals surface area contributed by atoms with Crippen LogP contribution in [0, 0.1) is 6.92 Å². The number of rotatable bonds is 2. The van der Waals surface area contributed by atoms with Gasteiger partial charge in [-0.05, 0) is 25.5 Å². The molecule has 1 atom stereocenters. The van der Waals surface area contributed by atoms with Gasteiger partial charge in [-0.2, -0.15) is 11.8 Å². The van der Waals surface area contributed by atoms with Crippen LogP contribution in [0.25, 0.3) is 0 Å². The van der Waals surface area contributed by atoms with E-state index in [2.05, 4.69) is 4.98 Å². The van der Waals surface area contributed by atoms with Crippen molar-refractivity contribution >= 4 is 29.1 Å². The number of thioether (sulfide) groups is 1. The van der Waals surface area contributed by atoms with E-state index in [-0.39, 0.29) is 0 Å². The van der Waals surface area contributed by atoms with Crippen molar-refractivity contribution in [2.75, 3.05) is 5.75 Å². The van der Waals surface area contributed by atoms with E-state index in [9.17, 15) is 4.79 Å². The van der Waals surface area contributed by atoms with Gasteiger partial charge in [-0.1, -0.05) is 0 Å². The molecule has 3 nitrogen and oxygen atoms in total. The maximum absolute atomic E-state index is 10.8. The number of aryl methyl sites for hydroxylation is 1. The monoisotopic (exact) mass is 229 g/mol. The third-order valence-electron chi connectivity index (χ3n) is 2.21. The Morgan fingerprint density at radius 1 is 1.64 bits per heavy atom. The number of hydrogen-bond acceptors (Lipinski definition) is 4. The van der Waals surface area contributed by atoms with Gasteiger partial charge in [0, 0.05) is 0 Å². The fraction of sp³-hybridized carbons (Fsp3) is 0.556. The molecule has 2 rings (SSSR count). The second kappa shape index (κ2) is 3.90. The smallest absolute Gasteiger partial charge is 0.347 e. The van der Waals surface area contributed by atoms with Crippen molar-refractivity contribution in [1.82, 2.24) is 4.98 Å². The number of carboxylic acid groups (broad SMARTS) is 1. The van der Waals surface area contributed by atoms with Crippen LogP contribution in [0.4, 0.5) is 0 Å². The van der Waals surface area contributed by atoms with Crippen molar-refractivity contribution in [3.63, 3.8) is 0 Å². The highest BCUT2D eigenvalue weighted by molar-refractivity contribution is 7.99. The standard InChI is InChI=1S/C9H11NO2S2/c1-5-7(9(11)12)14-8(10-5)6-3-2-4-13-6/h6H,2-4H2,1H3,(H,11,12). The highest BCUT2D eigenvalue weighted by Crippen LogP contribution is 2.41. The number of aromatic nitrogens is 1. The van der Waals surface area contributed by atoms with Gasteiger partial charge in [-0.25, -0.2) is 9.78 Å². The third kappa shape index (κ3) is 1.79. The van der Waals surface area contributed by atoms with E-state index in [1.807, 2.05) is 11.8 Å². The molecule has 1 fully saturated rings. The number of nitrogens with zero attached hydrogens (tertiary/aromatic N) is 1. The van der Waals surface area contributed by atoms with Crippen LogP contribution < -0.4 is 0 Å². The summed E-state index contributed by atoms with van der Waals surface area (Å²) in [7, 11) is 0. The highest BCUT2D eigenvalue weighted by Gasteiger charge is 2.23. The summed E-state index contributed by atoms with van der Waals surface area (Å²) in [5.74, 6) is 0.320. The summed E-state index contributed by atoms with van der Waals surface area (Å²) in [4.78, 5) is 15.5. The van der Waals surface area contributed by atoms with Gasteiger partial charge in [0.15, 0.2) is 0 Å². The molecule has 1 saturated heterocycles. The molecule has 2 heterocycles. The van der Waals surface area contributed by atoms with Gasteiger partial charge >= 0.3 is 5.97 Å². The largest absolute Gasteiger partial charge is 0.477 e. The van der Waals surface area contributed by atoms with Gasteiger partial charge in [0.2, 0.25) is 0 Å². The van der Waals surface area contributed by atoms with E-state index in [0.717, 1.165) is 11.4 Å². The molecule has 76 valence electrons. The number of carbonyl (C=O) groups is 1. The molecular weight excluding hydrogens is 218 g/mol. The Labute approximate surface area is 90.6 Å². The van der Waals surface area contributed by atoms with E-state index < -0.39 is 5.97 Å². The third-order valence-corrected chi connectivity index (χ3v) is 5.01. The molecule has 1 aliphatic heterocycles. The molecule has 0 aliphatic carbocycles. The van der Waals surface area contributed by atoms with Crippen LogP contribution in [0.5, 0.6) is 0 Å². The molecular formula is C9H11NO2S2. The van der Waals surface area contributed by atoms with Crippen LogP contribution >= 0.6 is 23.1 Å². The van der Waals surface area contributed by atoms with Gasteiger partial charge in [-0.3, -0.25) is 0 Å². The summed E-state index contributed by atoms with van der Waals surface area (Å²) in [5, 5.41) is 10.3. The van der Waals surface area contributed by atoms with Crippen molar-refractivity contribution in [1.29, 1.82) is 0 Å². The fourth-order valence-electron chi connectivity index (χ4n) is 1.53. The quantitative estimate of drug-likeness (QED) is 0.847. The van der Waals surface area contributed by atoms with E-state index in [1.165, 1.54) is 23.5 Å². The van der Waals surface area contributed by atoms with E-state index in [1.54, 1.807) is 6.92 Å². The molecule has 1 N–H and O–H groups in total. The van der Waals surface area contributed by atoms with E-state index in [0.29, 0.717) is 15.8 Å². The Morgan fingerprint density at radius 2 is 2.43 bits per heavy atom. The Balaban J connectivity index is 2.27. The Bertz CT molecular complexity index is 356. The predicted molar refractivity (Wildman–Crippen MR) is 58.2 cm³/mol. The molecule has 1 aliphatic rings. The van der Waals surface area contributed by atoms with Crippen molar-refractivity contribution in [3.05, 3.63) is 15.6 Å². The lowest BCUT2D eigenvalue weighted by Crippen LogP contribution is -1.94. The summed E-state index contributed by atoms with van der Waals surface area (Å²) in [6, 6.07) is 0. The lowest BCUT2D eigenvalue weighted by atomic mass is 10.2. The zero-order valence-electron chi connectivity index (χ0n) is 7.82. The first-order valence-corrected chi connectivity index (χ1v) is 6.37. The summed E-state index contributed by atoms with van der Waals surface area (Å²) < 4.78 is 0. The maximum Gasteiger partial charge on any atom is 0.347 e. The van der Waals surface area contributed by atoms with Crippen LogP contribution in [0.3, 0.4) is 0 Å². The minimum absolute atomic E-state index is 0.396. The molecule has 1 aromatic rings.